The summed E-state index contributed by atoms with van der Waals surface area (Å²) in [6.45, 7) is 9.49. The fourth-order valence-electron chi connectivity index (χ4n) is 1.58. The van der Waals surface area contributed by atoms with Gasteiger partial charge < -0.3 is 5.11 Å². The SMILES string of the molecule is CC.CC(=O)C(C)Cc1ccc(O)cc1.Cc1ccccn1. The third-order valence-electron chi connectivity index (χ3n) is 2.98. The van der Waals surface area contributed by atoms with E-state index in [9.17, 15) is 4.79 Å². The Bertz CT molecular complexity index is 521. The highest BCUT2D eigenvalue weighted by atomic mass is 16.3. The maximum atomic E-state index is 11.0. The van der Waals surface area contributed by atoms with E-state index >= 15 is 0 Å². The fraction of sp³-hybridized carbons (Fsp3) is 0.368. The number of carbonyl (C=O) groups excluding carboxylic acids is 1. The first-order chi connectivity index (χ1) is 10.5. The van der Waals surface area contributed by atoms with Crippen molar-refractivity contribution in [2.75, 3.05) is 0 Å². The number of aryl methyl sites for hydroxylation is 1. The van der Waals surface area contributed by atoms with E-state index in [0.717, 1.165) is 17.7 Å². The second kappa shape index (κ2) is 11.5. The van der Waals surface area contributed by atoms with Crippen molar-refractivity contribution >= 4 is 5.78 Å². The second-order valence-corrected chi connectivity index (χ2v) is 4.85. The molecule has 120 valence electrons. The first kappa shape index (κ1) is 19.8. The summed E-state index contributed by atoms with van der Waals surface area (Å²) in [7, 11) is 0. The number of carbonyl (C=O) groups is 1. The van der Waals surface area contributed by atoms with Gasteiger partial charge in [0.25, 0.3) is 0 Å². The quantitative estimate of drug-likeness (QED) is 0.903. The van der Waals surface area contributed by atoms with Crippen LogP contribution in [0, 0.1) is 12.8 Å². The molecule has 0 aliphatic carbocycles. The first-order valence-corrected chi connectivity index (χ1v) is 7.65. The zero-order valence-corrected chi connectivity index (χ0v) is 14.2. The van der Waals surface area contributed by atoms with Gasteiger partial charge in [-0.1, -0.05) is 39.0 Å². The molecule has 1 heterocycles. The van der Waals surface area contributed by atoms with Crippen LogP contribution in [0.25, 0.3) is 0 Å². The smallest absolute Gasteiger partial charge is 0.132 e. The van der Waals surface area contributed by atoms with Crippen molar-refractivity contribution < 1.29 is 9.90 Å². The number of rotatable bonds is 3. The normalized spacial score (nSPS) is 10.4. The highest BCUT2D eigenvalue weighted by molar-refractivity contribution is 5.78. The van der Waals surface area contributed by atoms with Crippen molar-refractivity contribution in [2.24, 2.45) is 5.92 Å². The van der Waals surface area contributed by atoms with E-state index < -0.39 is 0 Å². The van der Waals surface area contributed by atoms with Crippen molar-refractivity contribution in [3.05, 3.63) is 59.9 Å². The molecule has 0 saturated heterocycles. The number of hydrogen-bond donors (Lipinski definition) is 1. The number of ketones is 1. The fourth-order valence-corrected chi connectivity index (χ4v) is 1.58. The minimum Gasteiger partial charge on any atom is -0.508 e. The standard InChI is InChI=1S/C11H14O2.C6H7N.C2H6/c1-8(9(2)12)7-10-3-5-11(13)6-4-10;1-6-4-2-3-5-7-6;1-2/h3-6,8,13H,7H2,1-2H3;2-5H,1H3;1-2H3. The van der Waals surface area contributed by atoms with E-state index in [1.807, 2.05) is 58.0 Å². The van der Waals surface area contributed by atoms with Gasteiger partial charge in [-0.25, -0.2) is 0 Å². The van der Waals surface area contributed by atoms with Gasteiger partial charge in [-0.05, 0) is 50.1 Å². The molecule has 1 aromatic heterocycles. The number of phenols is 1. The third kappa shape index (κ3) is 8.90. The molecule has 0 amide bonds. The summed E-state index contributed by atoms with van der Waals surface area (Å²) in [4.78, 5) is 14.9. The summed E-state index contributed by atoms with van der Waals surface area (Å²) < 4.78 is 0. The van der Waals surface area contributed by atoms with Crippen LogP contribution >= 0.6 is 0 Å². The van der Waals surface area contributed by atoms with Crippen LogP contribution in [0.1, 0.15) is 39.0 Å². The van der Waals surface area contributed by atoms with Gasteiger partial charge >= 0.3 is 0 Å². The van der Waals surface area contributed by atoms with Gasteiger partial charge in [0.05, 0.1) is 0 Å². The number of nitrogens with zero attached hydrogens (tertiary/aromatic N) is 1. The predicted molar refractivity (Wildman–Crippen MR) is 92.0 cm³/mol. The van der Waals surface area contributed by atoms with Crippen LogP contribution in [-0.4, -0.2) is 15.9 Å². The molecule has 1 unspecified atom stereocenters. The number of Topliss-reactive ketones (excluding diaryl/α,β-unsaturated/α-hetero) is 1. The molecular weight excluding hydrogens is 274 g/mol. The molecule has 0 bridgehead atoms. The van der Waals surface area contributed by atoms with Crippen molar-refractivity contribution in [2.45, 2.75) is 41.0 Å². The summed E-state index contributed by atoms with van der Waals surface area (Å²) in [5.74, 6) is 0.525. The number of phenolic OH excluding ortho intramolecular Hbond substituents is 1. The van der Waals surface area contributed by atoms with Gasteiger partial charge in [-0.3, -0.25) is 9.78 Å². The van der Waals surface area contributed by atoms with E-state index in [1.54, 1.807) is 25.3 Å². The molecule has 0 spiro atoms. The number of aromatic nitrogens is 1. The number of aromatic hydroxyl groups is 1. The Balaban J connectivity index is 0.000000412. The van der Waals surface area contributed by atoms with Crippen LogP contribution < -0.4 is 0 Å². The van der Waals surface area contributed by atoms with E-state index in [1.165, 1.54) is 0 Å². The predicted octanol–water partition coefficient (Wildman–Crippen LogP) is 4.58. The molecule has 0 aliphatic rings. The molecule has 0 saturated carbocycles. The molecule has 1 N–H and O–H groups in total. The average molecular weight is 301 g/mol. The van der Waals surface area contributed by atoms with E-state index in [2.05, 4.69) is 4.98 Å². The third-order valence-corrected chi connectivity index (χ3v) is 2.98. The van der Waals surface area contributed by atoms with Crippen LogP contribution in [-0.2, 0) is 11.2 Å². The average Bonchev–Trinajstić information content (AvgIpc) is 2.53. The lowest BCUT2D eigenvalue weighted by Crippen LogP contribution is -2.09. The topological polar surface area (TPSA) is 50.2 Å². The second-order valence-electron chi connectivity index (χ2n) is 4.85. The van der Waals surface area contributed by atoms with Crippen LogP contribution in [0.3, 0.4) is 0 Å². The Kier molecular flexibility index (Phi) is 10.4. The molecule has 3 heteroatoms. The van der Waals surface area contributed by atoms with Gasteiger partial charge in [0, 0.05) is 17.8 Å². The maximum absolute atomic E-state index is 11.0. The first-order valence-electron chi connectivity index (χ1n) is 7.65. The lowest BCUT2D eigenvalue weighted by molar-refractivity contribution is -0.120. The molecule has 3 nitrogen and oxygen atoms in total. The summed E-state index contributed by atoms with van der Waals surface area (Å²) in [5, 5.41) is 9.03. The zero-order valence-electron chi connectivity index (χ0n) is 14.2. The van der Waals surface area contributed by atoms with Crippen LogP contribution in [0.5, 0.6) is 5.75 Å². The van der Waals surface area contributed by atoms with Crippen molar-refractivity contribution in [1.29, 1.82) is 0 Å². The summed E-state index contributed by atoms with van der Waals surface area (Å²) >= 11 is 0. The van der Waals surface area contributed by atoms with Crippen LogP contribution in [0.4, 0.5) is 0 Å². The highest BCUT2D eigenvalue weighted by Crippen LogP contribution is 2.13. The summed E-state index contributed by atoms with van der Waals surface area (Å²) in [6.07, 6.45) is 2.53. The van der Waals surface area contributed by atoms with Crippen molar-refractivity contribution in [1.82, 2.24) is 4.98 Å². The van der Waals surface area contributed by atoms with Gasteiger partial charge in [-0.2, -0.15) is 0 Å². The maximum Gasteiger partial charge on any atom is 0.132 e. The van der Waals surface area contributed by atoms with Crippen molar-refractivity contribution in [3.63, 3.8) is 0 Å². The Hall–Kier alpha value is -2.16. The van der Waals surface area contributed by atoms with E-state index in [-0.39, 0.29) is 17.5 Å². The van der Waals surface area contributed by atoms with Gasteiger partial charge in [0.1, 0.15) is 11.5 Å². The molecule has 2 rings (SSSR count). The molecule has 22 heavy (non-hydrogen) atoms. The lowest BCUT2D eigenvalue weighted by Gasteiger charge is -2.06. The minimum absolute atomic E-state index is 0.0598. The Morgan fingerprint density at radius 2 is 1.73 bits per heavy atom. The van der Waals surface area contributed by atoms with Crippen molar-refractivity contribution in [3.8, 4) is 5.75 Å². The number of hydrogen-bond acceptors (Lipinski definition) is 3. The van der Waals surface area contributed by atoms with Gasteiger partial charge in [0.15, 0.2) is 0 Å². The minimum atomic E-state index is 0.0598. The van der Waals surface area contributed by atoms with Crippen LogP contribution in [0.2, 0.25) is 0 Å². The Morgan fingerprint density at radius 1 is 1.14 bits per heavy atom. The van der Waals surface area contributed by atoms with Gasteiger partial charge in [-0.15, -0.1) is 0 Å². The van der Waals surface area contributed by atoms with Gasteiger partial charge in [0.2, 0.25) is 0 Å². The van der Waals surface area contributed by atoms with E-state index in [0.29, 0.717) is 0 Å². The molecule has 1 atom stereocenters. The summed E-state index contributed by atoms with van der Waals surface area (Å²) in [5.41, 5.74) is 2.16. The van der Waals surface area contributed by atoms with Crippen LogP contribution in [0.15, 0.2) is 48.7 Å². The molecule has 1 aromatic carbocycles. The largest absolute Gasteiger partial charge is 0.508 e. The lowest BCUT2D eigenvalue weighted by atomic mass is 9.98. The highest BCUT2D eigenvalue weighted by Gasteiger charge is 2.07. The Morgan fingerprint density at radius 3 is 2.09 bits per heavy atom. The molecule has 2 aromatic rings. The monoisotopic (exact) mass is 301 g/mol. The molecule has 0 fully saturated rings. The molecule has 0 aliphatic heterocycles. The molecule has 0 radical (unpaired) electrons. The van der Waals surface area contributed by atoms with E-state index in [4.69, 9.17) is 5.11 Å². The number of benzene rings is 1. The zero-order chi connectivity index (χ0) is 17.0. The number of pyridine rings is 1. The Labute approximate surface area is 134 Å². The molecular formula is C19H27NO2. The summed E-state index contributed by atoms with van der Waals surface area (Å²) in [6, 6.07) is 12.8.